The number of pyridine rings is 1. The van der Waals surface area contributed by atoms with Crippen LogP contribution < -0.4 is 15.6 Å². The highest BCUT2D eigenvalue weighted by atomic mass is 16.5. The highest BCUT2D eigenvalue weighted by Crippen LogP contribution is 2.22. The lowest BCUT2D eigenvalue weighted by atomic mass is 10.1. The Bertz CT molecular complexity index is 957. The molecule has 7 nitrogen and oxygen atoms in total. The molecule has 0 saturated carbocycles. The number of imidazole rings is 1. The number of aryl methyl sites for hydroxylation is 1. The first-order valence-electron chi connectivity index (χ1n) is 8.78. The number of aromatic amines is 1. The highest BCUT2D eigenvalue weighted by Gasteiger charge is 2.16. The van der Waals surface area contributed by atoms with Crippen molar-refractivity contribution < 1.29 is 9.47 Å². The zero-order chi connectivity index (χ0) is 17.9. The maximum atomic E-state index is 12.6. The molecule has 1 fully saturated rings. The lowest BCUT2D eigenvalue weighted by molar-refractivity contribution is 0.0728. The summed E-state index contributed by atoms with van der Waals surface area (Å²) in [6, 6.07) is 7.85. The molecule has 0 radical (unpaired) electrons. The van der Waals surface area contributed by atoms with Crippen molar-refractivity contribution in [3.05, 3.63) is 47.0 Å². The molecule has 3 aromatic rings. The monoisotopic (exact) mass is 354 g/mol. The smallest absolute Gasteiger partial charge is 0.259 e. The number of hydrogen-bond acceptors (Lipinski definition) is 5. The normalized spacial score (nSPS) is 17.5. The second-order valence-electron chi connectivity index (χ2n) is 6.42. The Balaban J connectivity index is 1.62. The molecule has 1 atom stereocenters. The van der Waals surface area contributed by atoms with Gasteiger partial charge >= 0.3 is 0 Å². The van der Waals surface area contributed by atoms with Crippen LogP contribution in [0.4, 0.5) is 0 Å². The summed E-state index contributed by atoms with van der Waals surface area (Å²) in [6.07, 6.45) is 4.57. The minimum atomic E-state index is -0.155. The van der Waals surface area contributed by atoms with Crippen LogP contribution in [0, 0.1) is 0 Å². The number of H-pyrrole nitrogens is 1. The van der Waals surface area contributed by atoms with Crippen molar-refractivity contribution in [1.82, 2.24) is 19.9 Å². The molecule has 7 heteroatoms. The summed E-state index contributed by atoms with van der Waals surface area (Å²) in [7, 11) is 1.61. The Morgan fingerprint density at radius 2 is 2.31 bits per heavy atom. The first-order valence-corrected chi connectivity index (χ1v) is 8.78. The van der Waals surface area contributed by atoms with E-state index in [0.717, 1.165) is 43.6 Å². The fraction of sp³-hybridized carbons (Fsp3) is 0.368. The number of benzene rings is 1. The molecule has 26 heavy (non-hydrogen) atoms. The Labute approximate surface area is 151 Å². The SMILES string of the molecule is COc1ccc2cc(-c3nccn3CCC3COCCN3)c(=O)[nH]c2c1. The molecular formula is C19H22N4O3. The molecule has 1 unspecified atom stereocenters. The van der Waals surface area contributed by atoms with E-state index in [9.17, 15) is 4.79 Å². The van der Waals surface area contributed by atoms with Gasteiger partial charge < -0.3 is 24.3 Å². The van der Waals surface area contributed by atoms with Crippen LogP contribution in [-0.2, 0) is 11.3 Å². The Hall–Kier alpha value is -2.64. The van der Waals surface area contributed by atoms with Crippen molar-refractivity contribution in [3.8, 4) is 17.1 Å². The van der Waals surface area contributed by atoms with E-state index in [1.54, 1.807) is 13.3 Å². The van der Waals surface area contributed by atoms with Crippen molar-refractivity contribution >= 4 is 10.9 Å². The van der Waals surface area contributed by atoms with Gasteiger partial charge in [-0.3, -0.25) is 4.79 Å². The maximum absolute atomic E-state index is 12.6. The largest absolute Gasteiger partial charge is 0.497 e. The van der Waals surface area contributed by atoms with Gasteiger partial charge in [-0.25, -0.2) is 4.98 Å². The fourth-order valence-electron chi connectivity index (χ4n) is 3.31. The van der Waals surface area contributed by atoms with E-state index >= 15 is 0 Å². The van der Waals surface area contributed by atoms with Crippen molar-refractivity contribution in [2.75, 3.05) is 26.9 Å². The number of nitrogens with zero attached hydrogens (tertiary/aromatic N) is 2. The van der Waals surface area contributed by atoms with Gasteiger partial charge in [-0.05, 0) is 30.0 Å². The summed E-state index contributed by atoms with van der Waals surface area (Å²) in [4.78, 5) is 20.0. The molecule has 2 aromatic heterocycles. The lowest BCUT2D eigenvalue weighted by Crippen LogP contribution is -2.41. The van der Waals surface area contributed by atoms with E-state index in [1.807, 2.05) is 35.0 Å². The number of fused-ring (bicyclic) bond motifs is 1. The highest BCUT2D eigenvalue weighted by molar-refractivity contribution is 5.83. The van der Waals surface area contributed by atoms with Gasteiger partial charge in [0.05, 0.1) is 31.4 Å². The van der Waals surface area contributed by atoms with Crippen molar-refractivity contribution in [3.63, 3.8) is 0 Å². The first-order chi connectivity index (χ1) is 12.7. The second-order valence-corrected chi connectivity index (χ2v) is 6.42. The molecule has 4 rings (SSSR count). The van der Waals surface area contributed by atoms with E-state index in [4.69, 9.17) is 9.47 Å². The number of methoxy groups -OCH3 is 1. The van der Waals surface area contributed by atoms with Crippen LogP contribution in [0.25, 0.3) is 22.3 Å². The van der Waals surface area contributed by atoms with Crippen LogP contribution in [0.1, 0.15) is 6.42 Å². The summed E-state index contributed by atoms with van der Waals surface area (Å²) >= 11 is 0. The van der Waals surface area contributed by atoms with Gasteiger partial charge in [0.15, 0.2) is 0 Å². The maximum Gasteiger partial charge on any atom is 0.259 e. The molecule has 1 aliphatic heterocycles. The third-order valence-corrected chi connectivity index (χ3v) is 4.73. The molecule has 0 bridgehead atoms. The van der Waals surface area contributed by atoms with Crippen LogP contribution >= 0.6 is 0 Å². The molecule has 136 valence electrons. The summed E-state index contributed by atoms with van der Waals surface area (Å²) in [5, 5.41) is 4.39. The van der Waals surface area contributed by atoms with E-state index in [0.29, 0.717) is 23.2 Å². The number of aromatic nitrogens is 3. The van der Waals surface area contributed by atoms with Crippen LogP contribution in [0.2, 0.25) is 0 Å². The predicted octanol–water partition coefficient (Wildman–Crippen LogP) is 1.78. The summed E-state index contributed by atoms with van der Waals surface area (Å²) < 4.78 is 12.7. The Morgan fingerprint density at radius 3 is 3.12 bits per heavy atom. The zero-order valence-corrected chi connectivity index (χ0v) is 14.7. The average Bonchev–Trinajstić information content (AvgIpc) is 3.14. The van der Waals surface area contributed by atoms with Gasteiger partial charge in [-0.1, -0.05) is 0 Å². The van der Waals surface area contributed by atoms with Crippen LogP contribution in [0.5, 0.6) is 5.75 Å². The predicted molar refractivity (Wildman–Crippen MR) is 99.6 cm³/mol. The first kappa shape index (κ1) is 16.8. The van der Waals surface area contributed by atoms with E-state index < -0.39 is 0 Å². The Morgan fingerprint density at radius 1 is 1.38 bits per heavy atom. The summed E-state index contributed by atoms with van der Waals surface area (Å²) in [6.45, 7) is 3.15. The number of hydrogen-bond donors (Lipinski definition) is 2. The van der Waals surface area contributed by atoms with E-state index in [-0.39, 0.29) is 5.56 Å². The molecule has 3 heterocycles. The number of ether oxygens (including phenoxy) is 2. The number of morpholine rings is 1. The molecule has 0 spiro atoms. The van der Waals surface area contributed by atoms with Crippen molar-refractivity contribution in [1.29, 1.82) is 0 Å². The van der Waals surface area contributed by atoms with Gasteiger partial charge in [-0.2, -0.15) is 0 Å². The minimum Gasteiger partial charge on any atom is -0.497 e. The van der Waals surface area contributed by atoms with Crippen molar-refractivity contribution in [2.45, 2.75) is 19.0 Å². The third-order valence-electron chi connectivity index (χ3n) is 4.73. The molecule has 1 aliphatic rings. The summed E-state index contributed by atoms with van der Waals surface area (Å²) in [5.41, 5.74) is 1.16. The molecule has 0 aliphatic carbocycles. The number of nitrogens with one attached hydrogen (secondary N) is 2. The van der Waals surface area contributed by atoms with Gasteiger partial charge in [0.1, 0.15) is 11.6 Å². The summed E-state index contributed by atoms with van der Waals surface area (Å²) in [5.74, 6) is 1.39. The molecule has 0 amide bonds. The number of rotatable bonds is 5. The fourth-order valence-corrected chi connectivity index (χ4v) is 3.31. The molecule has 1 saturated heterocycles. The minimum absolute atomic E-state index is 0.155. The van der Waals surface area contributed by atoms with Gasteiger partial charge in [0.2, 0.25) is 0 Å². The topological polar surface area (TPSA) is 81.2 Å². The van der Waals surface area contributed by atoms with E-state index in [1.165, 1.54) is 0 Å². The molecular weight excluding hydrogens is 332 g/mol. The Kier molecular flexibility index (Phi) is 4.73. The van der Waals surface area contributed by atoms with Crippen molar-refractivity contribution in [2.24, 2.45) is 0 Å². The third kappa shape index (κ3) is 3.36. The zero-order valence-electron chi connectivity index (χ0n) is 14.7. The van der Waals surface area contributed by atoms with Crippen LogP contribution in [-0.4, -0.2) is 47.4 Å². The van der Waals surface area contributed by atoms with Gasteiger partial charge in [0, 0.05) is 37.6 Å². The lowest BCUT2D eigenvalue weighted by Gasteiger charge is -2.24. The molecule has 2 N–H and O–H groups in total. The molecule has 1 aromatic carbocycles. The van der Waals surface area contributed by atoms with Gasteiger partial charge in [-0.15, -0.1) is 0 Å². The quantitative estimate of drug-likeness (QED) is 0.730. The van der Waals surface area contributed by atoms with Crippen LogP contribution in [0.3, 0.4) is 0 Å². The standard InChI is InChI=1S/C19H22N4O3/c1-25-15-3-2-13-10-16(19(24)22-17(13)11-15)18-21-5-8-23(18)7-4-14-12-26-9-6-20-14/h2-3,5,8,10-11,14,20H,4,6-7,9,12H2,1H3,(H,22,24). The average molecular weight is 354 g/mol. The van der Waals surface area contributed by atoms with Gasteiger partial charge in [0.25, 0.3) is 5.56 Å². The second kappa shape index (κ2) is 7.31. The van der Waals surface area contributed by atoms with Crippen LogP contribution in [0.15, 0.2) is 41.5 Å². The van der Waals surface area contributed by atoms with E-state index in [2.05, 4.69) is 15.3 Å².